The van der Waals surface area contributed by atoms with Gasteiger partial charge >= 0.3 is 0 Å². The van der Waals surface area contributed by atoms with Crippen molar-refractivity contribution in [2.24, 2.45) is 5.73 Å². The highest BCUT2D eigenvalue weighted by Gasteiger charge is 1.98. The fourth-order valence-electron chi connectivity index (χ4n) is 1.34. The smallest absolute Gasteiger partial charge is 0.0556 e. The van der Waals surface area contributed by atoms with Crippen molar-refractivity contribution in [2.45, 2.75) is 24.3 Å². The summed E-state index contributed by atoms with van der Waals surface area (Å²) < 4.78 is 5.00. The average Bonchev–Trinajstić information content (AvgIpc) is 2.20. The van der Waals surface area contributed by atoms with Crippen molar-refractivity contribution < 1.29 is 4.74 Å². The first kappa shape index (κ1) is 12.6. The third-order valence-electron chi connectivity index (χ3n) is 2.04. The Labute approximate surface area is 96.2 Å². The summed E-state index contributed by atoms with van der Waals surface area (Å²) in [5, 5.41) is 0. The first-order chi connectivity index (χ1) is 7.22. The predicted octanol–water partition coefficient (Wildman–Crippen LogP) is 2.31. The SMILES string of the molecule is COCCSc1ccc(CC(C)N)cc1. The zero-order valence-electron chi connectivity index (χ0n) is 9.40. The van der Waals surface area contributed by atoms with Crippen LogP contribution >= 0.6 is 11.8 Å². The molecule has 3 heteroatoms. The predicted molar refractivity (Wildman–Crippen MR) is 66.4 cm³/mol. The van der Waals surface area contributed by atoms with Gasteiger partial charge in [-0.2, -0.15) is 0 Å². The molecule has 84 valence electrons. The Morgan fingerprint density at radius 2 is 2.00 bits per heavy atom. The maximum absolute atomic E-state index is 5.74. The second-order valence-electron chi connectivity index (χ2n) is 3.67. The molecule has 0 saturated carbocycles. The van der Waals surface area contributed by atoms with Gasteiger partial charge < -0.3 is 10.5 Å². The van der Waals surface area contributed by atoms with E-state index in [4.69, 9.17) is 10.5 Å². The summed E-state index contributed by atoms with van der Waals surface area (Å²) in [5.74, 6) is 1.00. The minimum absolute atomic E-state index is 0.233. The molecule has 0 radical (unpaired) electrons. The fraction of sp³-hybridized carbons (Fsp3) is 0.500. The molecule has 1 atom stereocenters. The van der Waals surface area contributed by atoms with E-state index in [2.05, 4.69) is 24.3 Å². The van der Waals surface area contributed by atoms with E-state index in [1.807, 2.05) is 18.7 Å². The number of thioether (sulfide) groups is 1. The normalized spacial score (nSPS) is 12.7. The molecular weight excluding hydrogens is 206 g/mol. The molecular formula is C12H19NOS. The molecule has 15 heavy (non-hydrogen) atoms. The second-order valence-corrected chi connectivity index (χ2v) is 4.83. The van der Waals surface area contributed by atoms with E-state index in [1.165, 1.54) is 10.5 Å². The van der Waals surface area contributed by atoms with Gasteiger partial charge in [-0.25, -0.2) is 0 Å². The number of methoxy groups -OCH3 is 1. The average molecular weight is 225 g/mol. The maximum Gasteiger partial charge on any atom is 0.0556 e. The monoisotopic (exact) mass is 225 g/mol. The lowest BCUT2D eigenvalue weighted by Gasteiger charge is -2.06. The summed E-state index contributed by atoms with van der Waals surface area (Å²) in [6.45, 7) is 2.83. The molecule has 0 heterocycles. The van der Waals surface area contributed by atoms with Gasteiger partial charge in [-0.15, -0.1) is 11.8 Å². The van der Waals surface area contributed by atoms with Crippen LogP contribution in [0.15, 0.2) is 29.2 Å². The van der Waals surface area contributed by atoms with Gasteiger partial charge in [0.25, 0.3) is 0 Å². The number of rotatable bonds is 6. The molecule has 2 N–H and O–H groups in total. The van der Waals surface area contributed by atoms with E-state index in [-0.39, 0.29) is 6.04 Å². The Bertz CT molecular complexity index is 271. The Morgan fingerprint density at radius 3 is 2.53 bits per heavy atom. The van der Waals surface area contributed by atoms with Crippen LogP contribution in [0.3, 0.4) is 0 Å². The van der Waals surface area contributed by atoms with Gasteiger partial charge in [0.1, 0.15) is 0 Å². The lowest BCUT2D eigenvalue weighted by Crippen LogP contribution is -2.17. The van der Waals surface area contributed by atoms with Gasteiger partial charge in [0, 0.05) is 23.8 Å². The standard InChI is InChI=1S/C12H19NOS/c1-10(13)9-11-3-5-12(6-4-11)15-8-7-14-2/h3-6,10H,7-9,13H2,1-2H3. The summed E-state index contributed by atoms with van der Waals surface area (Å²) in [6.07, 6.45) is 0.947. The molecule has 0 spiro atoms. The Kier molecular flexibility index (Phi) is 5.76. The Hall–Kier alpha value is -0.510. The van der Waals surface area contributed by atoms with E-state index in [9.17, 15) is 0 Å². The molecule has 0 fully saturated rings. The van der Waals surface area contributed by atoms with Crippen molar-refractivity contribution in [3.8, 4) is 0 Å². The third kappa shape index (κ3) is 5.21. The van der Waals surface area contributed by atoms with Crippen LogP contribution in [-0.2, 0) is 11.2 Å². The van der Waals surface area contributed by atoms with Crippen LogP contribution in [0.2, 0.25) is 0 Å². The second kappa shape index (κ2) is 6.88. The zero-order chi connectivity index (χ0) is 11.1. The quantitative estimate of drug-likeness (QED) is 0.596. The van der Waals surface area contributed by atoms with Crippen molar-refractivity contribution in [1.29, 1.82) is 0 Å². The lowest BCUT2D eigenvalue weighted by atomic mass is 10.1. The fourth-order valence-corrected chi connectivity index (χ4v) is 2.15. The summed E-state index contributed by atoms with van der Waals surface area (Å²) in [4.78, 5) is 1.29. The van der Waals surface area contributed by atoms with Crippen LogP contribution in [0.5, 0.6) is 0 Å². The van der Waals surface area contributed by atoms with Gasteiger partial charge in [0.2, 0.25) is 0 Å². The minimum atomic E-state index is 0.233. The number of hydrogen-bond donors (Lipinski definition) is 1. The highest BCUT2D eigenvalue weighted by molar-refractivity contribution is 7.99. The molecule has 1 aromatic carbocycles. The summed E-state index contributed by atoms with van der Waals surface area (Å²) >= 11 is 1.82. The van der Waals surface area contributed by atoms with Crippen molar-refractivity contribution in [3.63, 3.8) is 0 Å². The van der Waals surface area contributed by atoms with E-state index < -0.39 is 0 Å². The minimum Gasteiger partial charge on any atom is -0.384 e. The summed E-state index contributed by atoms with van der Waals surface area (Å²) in [5.41, 5.74) is 7.05. The molecule has 0 saturated heterocycles. The third-order valence-corrected chi connectivity index (χ3v) is 3.01. The number of ether oxygens (including phenoxy) is 1. The van der Waals surface area contributed by atoms with Crippen LogP contribution in [0.4, 0.5) is 0 Å². The van der Waals surface area contributed by atoms with Crippen LogP contribution in [0.1, 0.15) is 12.5 Å². The molecule has 0 amide bonds. The van der Waals surface area contributed by atoms with Crippen molar-refractivity contribution in [3.05, 3.63) is 29.8 Å². The van der Waals surface area contributed by atoms with Gasteiger partial charge in [0.05, 0.1) is 6.61 Å². The lowest BCUT2D eigenvalue weighted by molar-refractivity contribution is 0.218. The number of benzene rings is 1. The topological polar surface area (TPSA) is 35.2 Å². The van der Waals surface area contributed by atoms with Crippen LogP contribution in [-0.4, -0.2) is 25.5 Å². The summed E-state index contributed by atoms with van der Waals surface area (Å²) in [7, 11) is 1.73. The van der Waals surface area contributed by atoms with Crippen LogP contribution < -0.4 is 5.73 Å². The largest absolute Gasteiger partial charge is 0.384 e. The molecule has 0 bridgehead atoms. The molecule has 0 aromatic heterocycles. The van der Waals surface area contributed by atoms with E-state index in [0.717, 1.165) is 18.8 Å². The molecule has 0 aliphatic rings. The molecule has 1 aromatic rings. The first-order valence-electron chi connectivity index (χ1n) is 5.18. The van der Waals surface area contributed by atoms with Crippen LogP contribution in [0, 0.1) is 0 Å². The van der Waals surface area contributed by atoms with Gasteiger partial charge in [-0.05, 0) is 31.0 Å². The van der Waals surface area contributed by atoms with Crippen LogP contribution in [0.25, 0.3) is 0 Å². The molecule has 2 nitrogen and oxygen atoms in total. The van der Waals surface area contributed by atoms with Gasteiger partial charge in [0.15, 0.2) is 0 Å². The highest BCUT2D eigenvalue weighted by Crippen LogP contribution is 2.18. The van der Waals surface area contributed by atoms with E-state index >= 15 is 0 Å². The molecule has 0 aliphatic carbocycles. The maximum atomic E-state index is 5.74. The van der Waals surface area contributed by atoms with Gasteiger partial charge in [-0.3, -0.25) is 0 Å². The van der Waals surface area contributed by atoms with Crippen molar-refractivity contribution >= 4 is 11.8 Å². The molecule has 1 unspecified atom stereocenters. The Morgan fingerprint density at radius 1 is 1.33 bits per heavy atom. The van der Waals surface area contributed by atoms with E-state index in [1.54, 1.807) is 7.11 Å². The van der Waals surface area contributed by atoms with Crippen molar-refractivity contribution in [2.75, 3.05) is 19.5 Å². The molecule has 0 aliphatic heterocycles. The van der Waals surface area contributed by atoms with Crippen molar-refractivity contribution in [1.82, 2.24) is 0 Å². The Balaban J connectivity index is 2.42. The number of nitrogens with two attached hydrogens (primary N) is 1. The first-order valence-corrected chi connectivity index (χ1v) is 6.17. The zero-order valence-corrected chi connectivity index (χ0v) is 10.2. The summed E-state index contributed by atoms with van der Waals surface area (Å²) in [6, 6.07) is 8.84. The van der Waals surface area contributed by atoms with Gasteiger partial charge in [-0.1, -0.05) is 12.1 Å². The van der Waals surface area contributed by atoms with E-state index in [0.29, 0.717) is 0 Å². The highest BCUT2D eigenvalue weighted by atomic mass is 32.2. The number of hydrogen-bond acceptors (Lipinski definition) is 3. The molecule has 1 rings (SSSR count).